The fraction of sp³-hybridized carbons (Fsp3) is 0.529. The molecule has 0 aliphatic carbocycles. The molecule has 1 fully saturated rings. The number of phenolic OH excluding ortho intramolecular Hbond substituents is 1. The maximum atomic E-state index is 12.7. The Morgan fingerprint density at radius 3 is 2.74 bits per heavy atom. The minimum Gasteiger partial charge on any atom is -0.507 e. The van der Waals surface area contributed by atoms with Gasteiger partial charge in [0, 0.05) is 32.2 Å². The Morgan fingerprint density at radius 1 is 1.35 bits per heavy atom. The zero-order valence-corrected chi connectivity index (χ0v) is 13.9. The number of phenols is 1. The fourth-order valence-electron chi connectivity index (χ4n) is 2.88. The van der Waals surface area contributed by atoms with Crippen LogP contribution in [0.4, 0.5) is 0 Å². The molecule has 1 aromatic carbocycles. The molecule has 1 aliphatic rings. The van der Waals surface area contributed by atoms with Gasteiger partial charge in [-0.25, -0.2) is 0 Å². The molecule has 6 nitrogen and oxygen atoms in total. The number of hydrogen-bond donors (Lipinski definition) is 1. The zero-order valence-electron chi connectivity index (χ0n) is 13.9. The Kier molecular flexibility index (Phi) is 5.60. The van der Waals surface area contributed by atoms with Crippen LogP contribution in [0.1, 0.15) is 29.3 Å². The molecule has 126 valence electrons. The van der Waals surface area contributed by atoms with Crippen LogP contribution >= 0.6 is 0 Å². The molecule has 1 aromatic rings. The monoisotopic (exact) mass is 320 g/mol. The Balaban J connectivity index is 1.99. The first-order chi connectivity index (χ1) is 10.9. The van der Waals surface area contributed by atoms with E-state index in [1.807, 2.05) is 6.92 Å². The van der Waals surface area contributed by atoms with Crippen LogP contribution in [0.3, 0.4) is 0 Å². The predicted octanol–water partition coefficient (Wildman–Crippen LogP) is 1.41. The molecule has 23 heavy (non-hydrogen) atoms. The van der Waals surface area contributed by atoms with Gasteiger partial charge in [0.2, 0.25) is 0 Å². The molecule has 1 unspecified atom stereocenters. The maximum Gasteiger partial charge on any atom is 0.306 e. The number of para-hydroxylation sites is 1. The second kappa shape index (κ2) is 7.46. The molecule has 6 heteroatoms. The number of ether oxygens (including phenoxy) is 1. The largest absolute Gasteiger partial charge is 0.507 e. The number of rotatable bonds is 4. The molecule has 0 radical (unpaired) electrons. The Hall–Kier alpha value is -2.08. The predicted molar refractivity (Wildman–Crippen MR) is 86.4 cm³/mol. The average Bonchev–Trinajstić information content (AvgIpc) is 2.54. The second-order valence-electron chi connectivity index (χ2n) is 5.95. The van der Waals surface area contributed by atoms with Gasteiger partial charge >= 0.3 is 5.97 Å². The van der Waals surface area contributed by atoms with Crippen LogP contribution in [0.5, 0.6) is 5.75 Å². The van der Waals surface area contributed by atoms with Gasteiger partial charge in [-0.3, -0.25) is 14.5 Å². The first-order valence-corrected chi connectivity index (χ1v) is 7.82. The van der Waals surface area contributed by atoms with Crippen molar-refractivity contribution in [3.05, 3.63) is 29.3 Å². The molecule has 1 saturated heterocycles. The number of methoxy groups -OCH3 is 1. The lowest BCUT2D eigenvalue weighted by atomic mass is 10.1. The first-order valence-electron chi connectivity index (χ1n) is 7.82. The van der Waals surface area contributed by atoms with E-state index in [0.29, 0.717) is 43.7 Å². The number of nitrogens with zero attached hydrogens (tertiary/aromatic N) is 2. The van der Waals surface area contributed by atoms with Crippen molar-refractivity contribution in [1.29, 1.82) is 0 Å². The number of piperazine rings is 1. The van der Waals surface area contributed by atoms with E-state index in [1.165, 1.54) is 7.11 Å². The van der Waals surface area contributed by atoms with Crippen LogP contribution in [-0.4, -0.2) is 66.1 Å². The van der Waals surface area contributed by atoms with Crippen molar-refractivity contribution in [2.45, 2.75) is 26.3 Å². The summed E-state index contributed by atoms with van der Waals surface area (Å²) >= 11 is 0. The van der Waals surface area contributed by atoms with Crippen molar-refractivity contribution in [2.75, 3.05) is 33.3 Å². The lowest BCUT2D eigenvalue weighted by Crippen LogP contribution is -2.54. The summed E-state index contributed by atoms with van der Waals surface area (Å²) < 4.78 is 4.65. The summed E-state index contributed by atoms with van der Waals surface area (Å²) in [6, 6.07) is 5.23. The van der Waals surface area contributed by atoms with Gasteiger partial charge < -0.3 is 14.7 Å². The van der Waals surface area contributed by atoms with E-state index < -0.39 is 0 Å². The van der Waals surface area contributed by atoms with E-state index in [1.54, 1.807) is 30.0 Å². The van der Waals surface area contributed by atoms with Gasteiger partial charge in [0.05, 0.1) is 19.1 Å². The average molecular weight is 320 g/mol. The molecular formula is C17H24N2O4. The van der Waals surface area contributed by atoms with Crippen LogP contribution in [0.25, 0.3) is 0 Å². The van der Waals surface area contributed by atoms with Crippen molar-refractivity contribution < 1.29 is 19.4 Å². The highest BCUT2D eigenvalue weighted by Gasteiger charge is 2.29. The second-order valence-corrected chi connectivity index (χ2v) is 5.95. The molecule has 2 rings (SSSR count). The lowest BCUT2D eigenvalue weighted by Gasteiger charge is -2.40. The van der Waals surface area contributed by atoms with E-state index in [9.17, 15) is 14.7 Å². The first kappa shape index (κ1) is 17.3. The SMILES string of the molecule is COC(=O)CCN1CCN(C(=O)c2cccc(C)c2O)C(C)C1. The summed E-state index contributed by atoms with van der Waals surface area (Å²) in [6.45, 7) is 6.38. The number of carbonyl (C=O) groups excluding carboxylic acids is 2. The van der Waals surface area contributed by atoms with E-state index in [2.05, 4.69) is 9.64 Å². The van der Waals surface area contributed by atoms with Crippen LogP contribution in [0.15, 0.2) is 18.2 Å². The van der Waals surface area contributed by atoms with Crippen molar-refractivity contribution in [2.24, 2.45) is 0 Å². The summed E-state index contributed by atoms with van der Waals surface area (Å²) in [5.41, 5.74) is 1.04. The third kappa shape index (κ3) is 4.01. The molecule has 1 N–H and O–H groups in total. The Labute approximate surface area is 136 Å². The molecular weight excluding hydrogens is 296 g/mol. The zero-order chi connectivity index (χ0) is 17.0. The van der Waals surface area contributed by atoms with E-state index >= 15 is 0 Å². The topological polar surface area (TPSA) is 70.1 Å². The molecule has 0 spiro atoms. The third-order valence-electron chi connectivity index (χ3n) is 4.30. The Morgan fingerprint density at radius 2 is 2.09 bits per heavy atom. The minimum absolute atomic E-state index is 0.0220. The number of aromatic hydroxyl groups is 1. The van der Waals surface area contributed by atoms with E-state index in [0.717, 1.165) is 0 Å². The van der Waals surface area contributed by atoms with Gasteiger partial charge in [0.1, 0.15) is 5.75 Å². The van der Waals surface area contributed by atoms with Gasteiger partial charge in [-0.2, -0.15) is 0 Å². The molecule has 0 aromatic heterocycles. The van der Waals surface area contributed by atoms with Crippen molar-refractivity contribution in [3.63, 3.8) is 0 Å². The normalized spacial score (nSPS) is 18.7. The minimum atomic E-state index is -0.221. The van der Waals surface area contributed by atoms with Crippen LogP contribution in [0, 0.1) is 6.92 Å². The highest BCUT2D eigenvalue weighted by Crippen LogP contribution is 2.24. The molecule has 1 heterocycles. The number of carbonyl (C=O) groups is 2. The van der Waals surface area contributed by atoms with Crippen LogP contribution < -0.4 is 0 Å². The molecule has 1 atom stereocenters. The van der Waals surface area contributed by atoms with Crippen molar-refractivity contribution in [3.8, 4) is 5.75 Å². The van der Waals surface area contributed by atoms with Gasteiger partial charge in [-0.1, -0.05) is 12.1 Å². The molecule has 0 saturated carbocycles. The summed E-state index contributed by atoms with van der Waals surface area (Å²) in [5.74, 6) is -0.315. The summed E-state index contributed by atoms with van der Waals surface area (Å²) in [7, 11) is 1.38. The van der Waals surface area contributed by atoms with Gasteiger partial charge in [0.15, 0.2) is 0 Å². The van der Waals surface area contributed by atoms with Gasteiger partial charge in [-0.05, 0) is 25.5 Å². The molecule has 1 amide bonds. The highest BCUT2D eigenvalue weighted by molar-refractivity contribution is 5.97. The quantitative estimate of drug-likeness (QED) is 0.850. The van der Waals surface area contributed by atoms with Gasteiger partial charge in [-0.15, -0.1) is 0 Å². The smallest absolute Gasteiger partial charge is 0.306 e. The van der Waals surface area contributed by atoms with Crippen molar-refractivity contribution in [1.82, 2.24) is 9.80 Å². The standard InChI is InChI=1S/C17H24N2O4/c1-12-5-4-6-14(16(12)21)17(22)19-10-9-18(11-13(19)2)8-7-15(20)23-3/h4-6,13,21H,7-11H2,1-3H3. The summed E-state index contributed by atoms with van der Waals surface area (Å²) in [6.07, 6.45) is 0.357. The van der Waals surface area contributed by atoms with Crippen LogP contribution in [0.2, 0.25) is 0 Å². The Bertz CT molecular complexity index is 588. The molecule has 1 aliphatic heterocycles. The van der Waals surface area contributed by atoms with Gasteiger partial charge in [0.25, 0.3) is 5.91 Å². The highest BCUT2D eigenvalue weighted by atomic mass is 16.5. The van der Waals surface area contributed by atoms with Crippen molar-refractivity contribution >= 4 is 11.9 Å². The summed E-state index contributed by atoms with van der Waals surface area (Å²) in [4.78, 5) is 27.8. The maximum absolute atomic E-state index is 12.7. The fourth-order valence-corrected chi connectivity index (χ4v) is 2.88. The number of esters is 1. The number of aryl methyl sites for hydroxylation is 1. The summed E-state index contributed by atoms with van der Waals surface area (Å²) in [5, 5.41) is 10.1. The van der Waals surface area contributed by atoms with E-state index in [4.69, 9.17) is 0 Å². The third-order valence-corrected chi connectivity index (χ3v) is 4.30. The number of benzene rings is 1. The molecule has 0 bridgehead atoms. The number of amides is 1. The van der Waals surface area contributed by atoms with E-state index in [-0.39, 0.29) is 23.7 Å². The number of hydrogen-bond acceptors (Lipinski definition) is 5. The lowest BCUT2D eigenvalue weighted by molar-refractivity contribution is -0.141. The van der Waals surface area contributed by atoms with Crippen LogP contribution in [-0.2, 0) is 9.53 Å².